The van der Waals surface area contributed by atoms with Crippen molar-refractivity contribution in [2.45, 2.75) is 25.3 Å². The normalized spacial score (nSPS) is 22.2. The smallest absolute Gasteiger partial charge is 0.319 e. The van der Waals surface area contributed by atoms with Crippen molar-refractivity contribution in [1.29, 1.82) is 0 Å². The molecule has 0 radical (unpaired) electrons. The number of carbonyl (C=O) groups is 2. The van der Waals surface area contributed by atoms with Gasteiger partial charge in [-0.1, -0.05) is 35.3 Å². The zero-order chi connectivity index (χ0) is 14.3. The first-order valence-corrected chi connectivity index (χ1v) is 7.11. The number of hydrogen-bond donors (Lipinski definition) is 2. The molecule has 0 spiro atoms. The number of Topliss-reactive ketones (excluding diaryl/α,β-unsaturated/α-hetero) is 1. The second-order valence-corrected chi connectivity index (χ2v) is 5.63. The van der Waals surface area contributed by atoms with Crippen LogP contribution in [0.1, 0.15) is 30.9 Å². The quantitative estimate of drug-likeness (QED) is 0.835. The third-order valence-electron chi connectivity index (χ3n) is 3.58. The van der Waals surface area contributed by atoms with Crippen molar-refractivity contribution in [3.8, 4) is 0 Å². The van der Waals surface area contributed by atoms with E-state index in [1.54, 1.807) is 18.2 Å². The summed E-state index contributed by atoms with van der Waals surface area (Å²) in [5.74, 6) is 0.0415. The van der Waals surface area contributed by atoms with Gasteiger partial charge in [-0.25, -0.2) is 4.79 Å². The molecule has 1 aromatic carbocycles. The van der Waals surface area contributed by atoms with Gasteiger partial charge in [-0.05, 0) is 24.5 Å². The van der Waals surface area contributed by atoms with Crippen LogP contribution in [0.5, 0.6) is 0 Å². The number of rotatable bonds is 1. The Labute approximate surface area is 126 Å². The van der Waals surface area contributed by atoms with Gasteiger partial charge in [0.2, 0.25) is 0 Å². The molecule has 3 rings (SSSR count). The van der Waals surface area contributed by atoms with Crippen LogP contribution in [0.25, 0.3) is 0 Å². The molecule has 0 saturated carbocycles. The zero-order valence-corrected chi connectivity index (χ0v) is 12.0. The van der Waals surface area contributed by atoms with Crippen molar-refractivity contribution in [3.05, 3.63) is 45.1 Å². The lowest BCUT2D eigenvalue weighted by Gasteiger charge is -2.32. The molecular formula is C14H12Cl2N2O2. The lowest BCUT2D eigenvalue weighted by Crippen LogP contribution is -2.46. The largest absolute Gasteiger partial charge is 0.327 e. The molecule has 1 atom stereocenters. The van der Waals surface area contributed by atoms with Gasteiger partial charge in [-0.2, -0.15) is 0 Å². The molecule has 1 unspecified atom stereocenters. The molecule has 1 aromatic rings. The first-order valence-electron chi connectivity index (χ1n) is 6.35. The van der Waals surface area contributed by atoms with Gasteiger partial charge in [0.15, 0.2) is 5.78 Å². The highest BCUT2D eigenvalue weighted by atomic mass is 35.5. The highest BCUT2D eigenvalue weighted by molar-refractivity contribution is 6.42. The highest BCUT2D eigenvalue weighted by Gasteiger charge is 2.35. The number of halogens is 2. The number of allylic oxidation sites excluding steroid dienone is 1. The summed E-state index contributed by atoms with van der Waals surface area (Å²) in [5, 5.41) is 6.25. The Balaban J connectivity index is 2.13. The van der Waals surface area contributed by atoms with Crippen molar-refractivity contribution in [2.75, 3.05) is 0 Å². The maximum absolute atomic E-state index is 12.2. The summed E-state index contributed by atoms with van der Waals surface area (Å²) in [4.78, 5) is 24.0. The number of benzene rings is 1. The molecule has 0 aromatic heterocycles. The van der Waals surface area contributed by atoms with Crippen molar-refractivity contribution in [2.24, 2.45) is 0 Å². The van der Waals surface area contributed by atoms with E-state index in [1.165, 1.54) is 0 Å². The number of urea groups is 1. The second-order valence-electron chi connectivity index (χ2n) is 4.84. The SMILES string of the molecule is O=C1NC2=C(C(=O)CCC2)C(c2cccc(Cl)c2Cl)N1. The van der Waals surface area contributed by atoms with Crippen LogP contribution in [0.15, 0.2) is 29.5 Å². The number of hydrogen-bond acceptors (Lipinski definition) is 2. The Hall–Kier alpha value is -1.52. The summed E-state index contributed by atoms with van der Waals surface area (Å²) in [5.41, 5.74) is 1.95. The average molecular weight is 311 g/mol. The van der Waals surface area contributed by atoms with Crippen LogP contribution in [0.2, 0.25) is 10.0 Å². The first-order chi connectivity index (χ1) is 9.58. The van der Waals surface area contributed by atoms with Gasteiger partial charge in [-0.15, -0.1) is 0 Å². The number of ketones is 1. The summed E-state index contributed by atoms with van der Waals surface area (Å²) < 4.78 is 0. The van der Waals surface area contributed by atoms with E-state index in [-0.39, 0.29) is 11.8 Å². The van der Waals surface area contributed by atoms with E-state index in [2.05, 4.69) is 10.6 Å². The minimum Gasteiger partial charge on any atom is -0.327 e. The van der Waals surface area contributed by atoms with E-state index >= 15 is 0 Å². The van der Waals surface area contributed by atoms with Gasteiger partial charge in [0.1, 0.15) is 0 Å². The van der Waals surface area contributed by atoms with Gasteiger partial charge in [0.25, 0.3) is 0 Å². The number of nitrogens with one attached hydrogen (secondary N) is 2. The fraction of sp³-hybridized carbons (Fsp3) is 0.286. The third kappa shape index (κ3) is 2.19. The van der Waals surface area contributed by atoms with Crippen molar-refractivity contribution in [3.63, 3.8) is 0 Å². The second kappa shape index (κ2) is 5.11. The lowest BCUT2D eigenvalue weighted by molar-refractivity contribution is -0.116. The van der Waals surface area contributed by atoms with Crippen LogP contribution < -0.4 is 10.6 Å². The molecule has 1 aliphatic carbocycles. The van der Waals surface area contributed by atoms with Crippen molar-refractivity contribution >= 4 is 35.0 Å². The minimum atomic E-state index is -0.530. The summed E-state index contributed by atoms with van der Waals surface area (Å²) >= 11 is 12.2. The van der Waals surface area contributed by atoms with Crippen LogP contribution in [-0.4, -0.2) is 11.8 Å². The minimum absolute atomic E-state index is 0.0415. The summed E-state index contributed by atoms with van der Waals surface area (Å²) in [6.07, 6.45) is 1.95. The number of amides is 2. The Morgan fingerprint density at radius 2 is 1.95 bits per heavy atom. The van der Waals surface area contributed by atoms with Gasteiger partial charge >= 0.3 is 6.03 Å². The van der Waals surface area contributed by atoms with E-state index in [1.807, 2.05) is 0 Å². The molecule has 0 fully saturated rings. The van der Waals surface area contributed by atoms with E-state index in [9.17, 15) is 9.59 Å². The Morgan fingerprint density at radius 3 is 2.75 bits per heavy atom. The lowest BCUT2D eigenvalue weighted by atomic mass is 9.85. The molecule has 2 N–H and O–H groups in total. The summed E-state index contributed by atoms with van der Waals surface area (Å²) in [7, 11) is 0. The van der Waals surface area contributed by atoms with E-state index in [0.29, 0.717) is 39.7 Å². The maximum Gasteiger partial charge on any atom is 0.319 e. The fourth-order valence-electron chi connectivity index (χ4n) is 2.68. The van der Waals surface area contributed by atoms with Crippen LogP contribution in [-0.2, 0) is 4.79 Å². The fourth-order valence-corrected chi connectivity index (χ4v) is 3.10. The maximum atomic E-state index is 12.2. The van der Waals surface area contributed by atoms with Crippen LogP contribution >= 0.6 is 23.2 Å². The van der Waals surface area contributed by atoms with Gasteiger partial charge in [-0.3, -0.25) is 4.79 Å². The molecule has 0 bridgehead atoms. The van der Waals surface area contributed by atoms with Crippen LogP contribution in [0.3, 0.4) is 0 Å². The van der Waals surface area contributed by atoms with Crippen LogP contribution in [0.4, 0.5) is 4.79 Å². The summed E-state index contributed by atoms with van der Waals surface area (Å²) in [6.45, 7) is 0. The molecule has 20 heavy (non-hydrogen) atoms. The molecule has 4 nitrogen and oxygen atoms in total. The molecular weight excluding hydrogens is 299 g/mol. The van der Waals surface area contributed by atoms with Gasteiger partial charge in [0.05, 0.1) is 16.1 Å². The summed E-state index contributed by atoms with van der Waals surface area (Å²) in [6, 6.07) is 4.36. The molecule has 1 aliphatic heterocycles. The van der Waals surface area contributed by atoms with Crippen molar-refractivity contribution in [1.82, 2.24) is 10.6 Å². The average Bonchev–Trinajstić information content (AvgIpc) is 2.41. The molecule has 6 heteroatoms. The van der Waals surface area contributed by atoms with Crippen molar-refractivity contribution < 1.29 is 9.59 Å². The van der Waals surface area contributed by atoms with E-state index in [0.717, 1.165) is 6.42 Å². The predicted molar refractivity (Wildman–Crippen MR) is 76.8 cm³/mol. The Morgan fingerprint density at radius 1 is 1.15 bits per heavy atom. The third-order valence-corrected chi connectivity index (χ3v) is 4.41. The topological polar surface area (TPSA) is 58.2 Å². The first kappa shape index (κ1) is 13.5. The predicted octanol–water partition coefficient (Wildman–Crippen LogP) is 3.35. The molecule has 1 heterocycles. The van der Waals surface area contributed by atoms with Gasteiger partial charge < -0.3 is 10.6 Å². The zero-order valence-electron chi connectivity index (χ0n) is 10.5. The molecule has 2 amide bonds. The molecule has 0 saturated heterocycles. The molecule has 2 aliphatic rings. The standard InChI is InChI=1S/C14H12Cl2N2O2/c15-8-4-1-3-7(12(8)16)13-11-9(17-14(20)18-13)5-2-6-10(11)19/h1,3-4,13H,2,5-6H2,(H2,17,18,20). The van der Waals surface area contributed by atoms with E-state index < -0.39 is 6.04 Å². The highest BCUT2D eigenvalue weighted by Crippen LogP contribution is 2.38. The number of carbonyl (C=O) groups excluding carboxylic acids is 2. The monoisotopic (exact) mass is 310 g/mol. The molecule has 104 valence electrons. The Kier molecular flexibility index (Phi) is 3.44. The van der Waals surface area contributed by atoms with Gasteiger partial charge in [0, 0.05) is 17.7 Å². The van der Waals surface area contributed by atoms with E-state index in [4.69, 9.17) is 23.2 Å². The van der Waals surface area contributed by atoms with Crippen LogP contribution in [0, 0.1) is 0 Å². The Bertz CT molecular complexity index is 640.